The van der Waals surface area contributed by atoms with E-state index >= 15 is 0 Å². The summed E-state index contributed by atoms with van der Waals surface area (Å²) in [6, 6.07) is 15.1. The van der Waals surface area contributed by atoms with E-state index in [2.05, 4.69) is 5.32 Å². The van der Waals surface area contributed by atoms with Gasteiger partial charge in [-0.3, -0.25) is 9.59 Å². The maximum atomic E-state index is 12.9. The average Bonchev–Trinajstić information content (AvgIpc) is 2.62. The Balaban J connectivity index is 1.81. The van der Waals surface area contributed by atoms with Crippen molar-refractivity contribution in [1.29, 1.82) is 0 Å². The van der Waals surface area contributed by atoms with E-state index in [1.807, 2.05) is 56.3 Å². The van der Waals surface area contributed by atoms with Crippen LogP contribution in [0.5, 0.6) is 5.75 Å². The molecule has 5 heteroatoms. The van der Waals surface area contributed by atoms with Crippen molar-refractivity contribution in [1.82, 2.24) is 5.32 Å². The van der Waals surface area contributed by atoms with E-state index in [0.29, 0.717) is 24.5 Å². The smallest absolute Gasteiger partial charge is 0.280 e. The van der Waals surface area contributed by atoms with Crippen molar-refractivity contribution in [3.8, 4) is 5.75 Å². The number of ether oxygens (including phenoxy) is 1. The van der Waals surface area contributed by atoms with Gasteiger partial charge in [0.2, 0.25) is 0 Å². The molecule has 0 fully saturated rings. The maximum absolute atomic E-state index is 12.9. The van der Waals surface area contributed by atoms with E-state index < -0.39 is 11.5 Å². The van der Waals surface area contributed by atoms with Gasteiger partial charge < -0.3 is 15.0 Å². The highest BCUT2D eigenvalue weighted by atomic mass is 16.5. The van der Waals surface area contributed by atoms with Gasteiger partial charge in [-0.2, -0.15) is 0 Å². The fourth-order valence-corrected chi connectivity index (χ4v) is 2.91. The quantitative estimate of drug-likeness (QED) is 0.872. The van der Waals surface area contributed by atoms with Crippen molar-refractivity contribution in [2.24, 2.45) is 0 Å². The molecule has 2 amide bonds. The number of hydrogen-bond donors (Lipinski definition) is 1. The van der Waals surface area contributed by atoms with Crippen molar-refractivity contribution in [3.63, 3.8) is 0 Å². The Bertz CT molecular complexity index is 801. The Morgan fingerprint density at radius 3 is 2.52 bits per heavy atom. The second kappa shape index (κ2) is 6.59. The van der Waals surface area contributed by atoms with Crippen molar-refractivity contribution in [2.45, 2.75) is 32.9 Å². The summed E-state index contributed by atoms with van der Waals surface area (Å²) >= 11 is 0. The zero-order chi connectivity index (χ0) is 18.0. The first-order valence-corrected chi connectivity index (χ1v) is 8.39. The van der Waals surface area contributed by atoms with Crippen molar-refractivity contribution in [2.75, 3.05) is 11.4 Å². The average molecular weight is 338 g/mol. The zero-order valence-corrected chi connectivity index (χ0v) is 14.7. The van der Waals surface area contributed by atoms with E-state index in [0.717, 1.165) is 11.1 Å². The highest BCUT2D eigenvalue weighted by molar-refractivity contribution is 6.16. The van der Waals surface area contributed by atoms with Crippen LogP contribution in [-0.4, -0.2) is 24.0 Å². The molecule has 2 aromatic carbocycles. The number of rotatable bonds is 4. The molecular formula is C20H22N2O3. The number of benzene rings is 2. The molecule has 2 aromatic rings. The lowest BCUT2D eigenvalue weighted by molar-refractivity contribution is -0.148. The first kappa shape index (κ1) is 17.0. The minimum absolute atomic E-state index is 0.346. The second-order valence-corrected chi connectivity index (χ2v) is 6.32. The molecular weight excluding hydrogens is 316 g/mol. The van der Waals surface area contributed by atoms with Crippen molar-refractivity contribution in [3.05, 3.63) is 59.7 Å². The number of amides is 2. The molecule has 0 bridgehead atoms. The predicted molar refractivity (Wildman–Crippen MR) is 96.5 cm³/mol. The Hall–Kier alpha value is -2.82. The summed E-state index contributed by atoms with van der Waals surface area (Å²) in [6.07, 6.45) is 0. The number of aryl methyl sites for hydroxylation is 1. The number of para-hydroxylation sites is 2. The number of likely N-dealkylation sites (N-methyl/N-ethyl adjacent to an activating group) is 1. The van der Waals surface area contributed by atoms with Gasteiger partial charge in [-0.05, 0) is 38.5 Å². The third-order valence-corrected chi connectivity index (χ3v) is 4.45. The molecule has 0 aliphatic carbocycles. The molecule has 5 nitrogen and oxygen atoms in total. The van der Waals surface area contributed by atoms with E-state index in [1.165, 1.54) is 6.92 Å². The van der Waals surface area contributed by atoms with Gasteiger partial charge in [0, 0.05) is 13.1 Å². The van der Waals surface area contributed by atoms with Crippen LogP contribution in [0.25, 0.3) is 0 Å². The zero-order valence-electron chi connectivity index (χ0n) is 14.7. The minimum Gasteiger partial charge on any atom is -0.466 e. The summed E-state index contributed by atoms with van der Waals surface area (Å²) in [5.74, 6) is -0.252. The Kier molecular flexibility index (Phi) is 4.49. The Labute approximate surface area is 147 Å². The molecule has 130 valence electrons. The molecule has 1 N–H and O–H groups in total. The molecule has 0 aromatic heterocycles. The van der Waals surface area contributed by atoms with Gasteiger partial charge in [0.1, 0.15) is 5.75 Å². The van der Waals surface area contributed by atoms with Gasteiger partial charge in [-0.25, -0.2) is 0 Å². The molecule has 3 rings (SSSR count). The lowest BCUT2D eigenvalue weighted by Crippen LogP contribution is -2.62. The molecule has 1 aliphatic rings. The molecule has 0 spiro atoms. The fraction of sp³-hybridized carbons (Fsp3) is 0.300. The Morgan fingerprint density at radius 2 is 1.84 bits per heavy atom. The SMILES string of the molecule is CCN1C(=O)C(C)(C(=O)NCc2ccc(C)cc2)Oc2ccccc21. The van der Waals surface area contributed by atoms with Crippen LogP contribution in [0.15, 0.2) is 48.5 Å². The van der Waals surface area contributed by atoms with Crippen molar-refractivity contribution >= 4 is 17.5 Å². The van der Waals surface area contributed by atoms with Crippen LogP contribution in [0.4, 0.5) is 5.69 Å². The molecule has 0 radical (unpaired) electrons. The van der Waals surface area contributed by atoms with Gasteiger partial charge in [0.05, 0.1) is 5.69 Å². The lowest BCUT2D eigenvalue weighted by atomic mass is 9.99. The van der Waals surface area contributed by atoms with Crippen LogP contribution in [0, 0.1) is 6.92 Å². The van der Waals surface area contributed by atoms with Gasteiger partial charge in [-0.1, -0.05) is 42.0 Å². The highest BCUT2D eigenvalue weighted by Gasteiger charge is 2.50. The minimum atomic E-state index is -1.57. The number of carbonyl (C=O) groups is 2. The number of nitrogens with zero attached hydrogens (tertiary/aromatic N) is 1. The van der Waals surface area contributed by atoms with Gasteiger partial charge in [-0.15, -0.1) is 0 Å². The molecule has 1 heterocycles. The standard InChI is InChI=1S/C20H22N2O3/c1-4-22-16-7-5-6-8-17(16)25-20(3,19(22)24)18(23)21-13-15-11-9-14(2)10-12-15/h5-12H,4,13H2,1-3H3,(H,21,23). The molecule has 1 atom stereocenters. The summed E-state index contributed by atoms with van der Waals surface area (Å²) in [5.41, 5.74) is 1.25. The summed E-state index contributed by atoms with van der Waals surface area (Å²) in [5, 5.41) is 2.82. The molecule has 25 heavy (non-hydrogen) atoms. The number of nitrogens with one attached hydrogen (secondary N) is 1. The fourth-order valence-electron chi connectivity index (χ4n) is 2.91. The van der Waals surface area contributed by atoms with Crippen molar-refractivity contribution < 1.29 is 14.3 Å². The van der Waals surface area contributed by atoms with E-state index in [-0.39, 0.29) is 5.91 Å². The van der Waals surface area contributed by atoms with Crippen LogP contribution in [-0.2, 0) is 16.1 Å². The van der Waals surface area contributed by atoms with Crippen LogP contribution >= 0.6 is 0 Å². The topological polar surface area (TPSA) is 58.6 Å². The first-order valence-electron chi connectivity index (χ1n) is 8.39. The maximum Gasteiger partial charge on any atom is 0.280 e. The first-order chi connectivity index (χ1) is 12.0. The number of anilines is 1. The highest BCUT2D eigenvalue weighted by Crippen LogP contribution is 2.37. The number of hydrogen-bond acceptors (Lipinski definition) is 3. The molecule has 0 saturated heterocycles. The monoisotopic (exact) mass is 338 g/mol. The molecule has 0 saturated carbocycles. The largest absolute Gasteiger partial charge is 0.466 e. The summed E-state index contributed by atoms with van der Waals surface area (Å²) in [7, 11) is 0. The van der Waals surface area contributed by atoms with Crippen LogP contribution in [0.1, 0.15) is 25.0 Å². The van der Waals surface area contributed by atoms with Gasteiger partial charge in [0.25, 0.3) is 17.4 Å². The Morgan fingerprint density at radius 1 is 1.16 bits per heavy atom. The number of carbonyl (C=O) groups excluding carboxylic acids is 2. The third-order valence-electron chi connectivity index (χ3n) is 4.45. The molecule has 1 unspecified atom stereocenters. The van der Waals surface area contributed by atoms with E-state index in [1.54, 1.807) is 11.0 Å². The number of fused-ring (bicyclic) bond motifs is 1. The predicted octanol–water partition coefficient (Wildman–Crippen LogP) is 2.82. The van der Waals surface area contributed by atoms with E-state index in [4.69, 9.17) is 4.74 Å². The summed E-state index contributed by atoms with van der Waals surface area (Å²) in [4.78, 5) is 27.2. The molecule has 1 aliphatic heterocycles. The van der Waals surface area contributed by atoms with E-state index in [9.17, 15) is 9.59 Å². The lowest BCUT2D eigenvalue weighted by Gasteiger charge is -2.39. The summed E-state index contributed by atoms with van der Waals surface area (Å²) < 4.78 is 5.83. The van der Waals surface area contributed by atoms with Crippen LogP contribution in [0.2, 0.25) is 0 Å². The normalized spacial score (nSPS) is 19.2. The van der Waals surface area contributed by atoms with Gasteiger partial charge in [0.15, 0.2) is 0 Å². The summed E-state index contributed by atoms with van der Waals surface area (Å²) in [6.45, 7) is 6.23. The van der Waals surface area contributed by atoms with Crippen LogP contribution < -0.4 is 15.0 Å². The van der Waals surface area contributed by atoms with Gasteiger partial charge >= 0.3 is 0 Å². The van der Waals surface area contributed by atoms with Crippen LogP contribution in [0.3, 0.4) is 0 Å². The third kappa shape index (κ3) is 3.09. The second-order valence-electron chi connectivity index (χ2n) is 6.32.